The van der Waals surface area contributed by atoms with E-state index in [1.54, 1.807) is 13.3 Å². The van der Waals surface area contributed by atoms with Crippen LogP contribution in [0.4, 0.5) is 0 Å². The molecule has 1 saturated heterocycles. The molecule has 0 saturated carbocycles. The molecule has 1 amide bonds. The third kappa shape index (κ3) is 7.00. The van der Waals surface area contributed by atoms with Gasteiger partial charge < -0.3 is 19.0 Å². The third-order valence-corrected chi connectivity index (χ3v) is 7.80. The number of carbonyl (C=O) groups is 2. The normalized spacial score (nSPS) is 14.7. The van der Waals surface area contributed by atoms with E-state index in [1.807, 2.05) is 42.3 Å². The van der Waals surface area contributed by atoms with E-state index in [0.29, 0.717) is 18.8 Å². The van der Waals surface area contributed by atoms with Gasteiger partial charge in [-0.25, -0.2) is 15.0 Å². The monoisotopic (exact) mass is 558 g/mol. The zero-order chi connectivity index (χ0) is 28.6. The second-order valence-corrected chi connectivity index (χ2v) is 10.6. The third-order valence-electron chi connectivity index (χ3n) is 7.80. The highest BCUT2D eigenvalue weighted by Crippen LogP contribution is 2.33. The summed E-state index contributed by atoms with van der Waals surface area (Å²) in [6, 6.07) is 9.72. The SMILES string of the molecule is COc1nc2ccccc2cc1-c1cnc([C@H](CCCCCC(=O)c2ncco2)N(C)C(=O)CN2CCCCC2)[nH]1. The van der Waals surface area contributed by atoms with E-state index in [-0.39, 0.29) is 23.6 Å². The molecule has 1 aliphatic heterocycles. The number of oxazole rings is 1. The highest BCUT2D eigenvalue weighted by Gasteiger charge is 2.26. The van der Waals surface area contributed by atoms with Crippen LogP contribution in [0.25, 0.3) is 22.2 Å². The van der Waals surface area contributed by atoms with E-state index in [2.05, 4.69) is 19.9 Å². The molecule has 0 unspecified atom stereocenters. The fourth-order valence-electron chi connectivity index (χ4n) is 5.47. The Hall–Kier alpha value is -4.05. The molecule has 0 bridgehead atoms. The minimum Gasteiger partial charge on any atom is -0.480 e. The van der Waals surface area contributed by atoms with Crippen LogP contribution < -0.4 is 4.74 Å². The summed E-state index contributed by atoms with van der Waals surface area (Å²) in [4.78, 5) is 46.5. The topological polar surface area (TPSA) is 117 Å². The van der Waals surface area contributed by atoms with Gasteiger partial charge in [0.05, 0.1) is 48.9 Å². The number of Topliss-reactive ketones (excluding diaryl/α,β-unsaturated/α-hetero) is 1. The summed E-state index contributed by atoms with van der Waals surface area (Å²) in [6.07, 6.45) is 11.7. The van der Waals surface area contributed by atoms with Gasteiger partial charge in [-0.1, -0.05) is 37.5 Å². The summed E-state index contributed by atoms with van der Waals surface area (Å²) >= 11 is 0. The number of rotatable bonds is 13. The molecule has 5 rings (SSSR count). The van der Waals surface area contributed by atoms with Crippen molar-refractivity contribution in [3.8, 4) is 17.1 Å². The Kier molecular flexibility index (Phi) is 9.40. The number of hydrogen-bond acceptors (Lipinski definition) is 8. The lowest BCUT2D eigenvalue weighted by atomic mass is 10.0. The Morgan fingerprint density at radius 3 is 2.73 bits per heavy atom. The Labute approximate surface area is 240 Å². The molecule has 0 aliphatic carbocycles. The van der Waals surface area contributed by atoms with Gasteiger partial charge in [-0.2, -0.15) is 0 Å². The van der Waals surface area contributed by atoms with E-state index in [9.17, 15) is 9.59 Å². The van der Waals surface area contributed by atoms with Crippen LogP contribution in [0.2, 0.25) is 0 Å². The van der Waals surface area contributed by atoms with Crippen molar-refractivity contribution in [2.45, 2.75) is 57.4 Å². The number of piperidine rings is 1. The van der Waals surface area contributed by atoms with Gasteiger partial charge >= 0.3 is 0 Å². The summed E-state index contributed by atoms with van der Waals surface area (Å²) in [6.45, 7) is 2.33. The molecule has 0 radical (unpaired) electrons. The van der Waals surface area contributed by atoms with E-state index in [1.165, 1.54) is 18.9 Å². The molecule has 1 atom stereocenters. The molecule has 1 N–H and O–H groups in total. The van der Waals surface area contributed by atoms with E-state index in [0.717, 1.165) is 79.6 Å². The molecule has 1 aromatic carbocycles. The molecular formula is C31H38N6O4. The minimum absolute atomic E-state index is 0.0823. The minimum atomic E-state index is -0.233. The van der Waals surface area contributed by atoms with Crippen molar-refractivity contribution in [3.05, 3.63) is 60.7 Å². The first-order valence-corrected chi connectivity index (χ1v) is 14.4. The number of carbonyl (C=O) groups excluding carboxylic acids is 2. The Balaban J connectivity index is 1.31. The molecule has 41 heavy (non-hydrogen) atoms. The Morgan fingerprint density at radius 1 is 1.12 bits per heavy atom. The van der Waals surface area contributed by atoms with Crippen LogP contribution in [0.15, 0.2) is 53.4 Å². The van der Waals surface area contributed by atoms with E-state index in [4.69, 9.17) is 14.1 Å². The zero-order valence-electron chi connectivity index (χ0n) is 23.8. The second kappa shape index (κ2) is 13.5. The van der Waals surface area contributed by atoms with Crippen LogP contribution in [0, 0.1) is 0 Å². The summed E-state index contributed by atoms with van der Waals surface area (Å²) in [7, 11) is 3.48. The number of aromatic amines is 1. The number of H-pyrrole nitrogens is 1. The molecule has 1 aliphatic rings. The van der Waals surface area contributed by atoms with Crippen LogP contribution >= 0.6 is 0 Å². The maximum Gasteiger partial charge on any atom is 0.263 e. The molecule has 1 fully saturated rings. The van der Waals surface area contributed by atoms with Gasteiger partial charge in [0.2, 0.25) is 17.6 Å². The predicted octanol–water partition coefficient (Wildman–Crippen LogP) is 5.44. The first-order chi connectivity index (χ1) is 20.0. The average Bonchev–Trinajstić information content (AvgIpc) is 3.72. The van der Waals surface area contributed by atoms with Gasteiger partial charge in [0, 0.05) is 18.9 Å². The highest BCUT2D eigenvalue weighted by molar-refractivity contribution is 5.91. The van der Waals surface area contributed by atoms with Crippen LogP contribution in [0.1, 0.15) is 73.9 Å². The number of methoxy groups -OCH3 is 1. The number of benzene rings is 1. The first-order valence-electron chi connectivity index (χ1n) is 14.4. The smallest absolute Gasteiger partial charge is 0.263 e. The Bertz CT molecular complexity index is 1440. The van der Waals surface area contributed by atoms with Crippen LogP contribution in [-0.2, 0) is 4.79 Å². The number of nitrogens with zero attached hydrogens (tertiary/aromatic N) is 5. The number of ketones is 1. The number of fused-ring (bicyclic) bond motifs is 1. The number of aromatic nitrogens is 4. The number of amides is 1. The molecule has 216 valence electrons. The van der Waals surface area contributed by atoms with Crippen LogP contribution in [0.3, 0.4) is 0 Å². The summed E-state index contributed by atoms with van der Waals surface area (Å²) in [5.41, 5.74) is 2.46. The molecule has 10 heteroatoms. The van der Waals surface area contributed by atoms with Gasteiger partial charge in [-0.3, -0.25) is 14.5 Å². The quantitative estimate of drug-likeness (QED) is 0.170. The second-order valence-electron chi connectivity index (χ2n) is 10.6. The predicted molar refractivity (Wildman–Crippen MR) is 156 cm³/mol. The van der Waals surface area contributed by atoms with Crippen molar-refractivity contribution in [3.63, 3.8) is 0 Å². The van der Waals surface area contributed by atoms with E-state index < -0.39 is 0 Å². The average molecular weight is 559 g/mol. The number of unbranched alkanes of at least 4 members (excludes halogenated alkanes) is 2. The molecule has 0 spiro atoms. The summed E-state index contributed by atoms with van der Waals surface area (Å²) in [5, 5.41) is 1.00. The molecular weight excluding hydrogens is 520 g/mol. The lowest BCUT2D eigenvalue weighted by Crippen LogP contribution is -2.42. The molecule has 4 aromatic rings. The first kappa shape index (κ1) is 28.5. The van der Waals surface area contributed by atoms with E-state index >= 15 is 0 Å². The number of hydrogen-bond donors (Lipinski definition) is 1. The number of nitrogens with one attached hydrogen (secondary N) is 1. The fourth-order valence-corrected chi connectivity index (χ4v) is 5.47. The van der Waals surface area contributed by atoms with Gasteiger partial charge in [-0.15, -0.1) is 0 Å². The zero-order valence-corrected chi connectivity index (χ0v) is 23.8. The number of likely N-dealkylation sites (N-methyl/N-ethyl adjacent to an activating group) is 1. The largest absolute Gasteiger partial charge is 0.480 e. The van der Waals surface area contributed by atoms with Crippen LogP contribution in [-0.4, -0.2) is 75.2 Å². The molecule has 3 aromatic heterocycles. The van der Waals surface area contributed by atoms with Crippen molar-refractivity contribution in [1.29, 1.82) is 0 Å². The van der Waals surface area contributed by atoms with Gasteiger partial charge in [-0.05, 0) is 50.9 Å². The van der Waals surface area contributed by atoms with Crippen LogP contribution in [0.5, 0.6) is 5.88 Å². The lowest BCUT2D eigenvalue weighted by molar-refractivity contribution is -0.133. The van der Waals surface area contributed by atoms with Gasteiger partial charge in [0.1, 0.15) is 12.1 Å². The van der Waals surface area contributed by atoms with Crippen molar-refractivity contribution >= 4 is 22.6 Å². The van der Waals surface area contributed by atoms with Crippen molar-refractivity contribution in [2.24, 2.45) is 0 Å². The maximum absolute atomic E-state index is 13.4. The Morgan fingerprint density at radius 2 is 1.95 bits per heavy atom. The highest BCUT2D eigenvalue weighted by atomic mass is 16.5. The number of likely N-dealkylation sites (tertiary alicyclic amines) is 1. The van der Waals surface area contributed by atoms with Gasteiger partial charge in [0.25, 0.3) is 5.89 Å². The number of ether oxygens (including phenoxy) is 1. The summed E-state index contributed by atoms with van der Waals surface area (Å²) in [5.74, 6) is 1.39. The lowest BCUT2D eigenvalue weighted by Gasteiger charge is -2.31. The summed E-state index contributed by atoms with van der Waals surface area (Å²) < 4.78 is 10.7. The number of para-hydroxylation sites is 1. The fraction of sp³-hybridized carbons (Fsp3) is 0.452. The maximum atomic E-state index is 13.4. The van der Waals surface area contributed by atoms with Crippen molar-refractivity contribution < 1.29 is 18.7 Å². The van der Waals surface area contributed by atoms with Gasteiger partial charge in [0.15, 0.2) is 0 Å². The van der Waals surface area contributed by atoms with Crippen molar-refractivity contribution in [2.75, 3.05) is 33.8 Å². The number of pyridine rings is 1. The molecule has 10 nitrogen and oxygen atoms in total. The van der Waals surface area contributed by atoms with Crippen molar-refractivity contribution in [1.82, 2.24) is 29.7 Å². The molecule has 4 heterocycles. The standard InChI is InChI=1S/C31H38N6O4/c1-36(28(39)21-37-16-9-4-10-17-37)26(13-5-3-6-14-27(38)31-32-15-18-41-31)29-33-20-25(34-29)23-19-22-11-7-8-12-24(22)35-30(23)40-2/h7-8,11-12,15,18-20,26H,3-6,9-10,13-14,16-17,21H2,1-2H3,(H,33,34)/t26-/m0/s1. The number of imidazole rings is 1.